The fourth-order valence-electron chi connectivity index (χ4n) is 3.06. The van der Waals surface area contributed by atoms with Crippen LogP contribution in [0.1, 0.15) is 43.1 Å². The number of carbonyl (C=O) groups excluding carboxylic acids is 3. The summed E-state index contributed by atoms with van der Waals surface area (Å²) in [4.78, 5) is 44.5. The largest absolute Gasteiger partial charge is 0.366 e. The smallest absolute Gasteiger partial charge is 0.315 e. The quantitative estimate of drug-likeness (QED) is 0.401. The van der Waals surface area contributed by atoms with Gasteiger partial charge in [0, 0.05) is 12.4 Å². The molecule has 3 heterocycles. The first-order chi connectivity index (χ1) is 15.4. The van der Waals surface area contributed by atoms with Crippen molar-refractivity contribution in [2.75, 3.05) is 12.4 Å². The van der Waals surface area contributed by atoms with Gasteiger partial charge in [-0.15, -0.1) is 0 Å². The Morgan fingerprint density at radius 1 is 1.16 bits per heavy atom. The predicted octanol–water partition coefficient (Wildman–Crippen LogP) is 0.882. The van der Waals surface area contributed by atoms with Crippen LogP contribution in [0.2, 0.25) is 0 Å². The molecule has 1 aromatic carbocycles. The van der Waals surface area contributed by atoms with Crippen molar-refractivity contribution >= 4 is 34.3 Å². The number of hydrogen-bond donors (Lipinski definition) is 3. The Hall–Kier alpha value is -4.61. The van der Waals surface area contributed by atoms with E-state index in [0.717, 1.165) is 0 Å². The first kappa shape index (κ1) is 20.7. The highest BCUT2D eigenvalue weighted by Gasteiger charge is 2.18. The van der Waals surface area contributed by atoms with Crippen LogP contribution < -0.4 is 16.4 Å². The second-order valence-corrected chi connectivity index (χ2v) is 6.79. The summed E-state index contributed by atoms with van der Waals surface area (Å²) in [5, 5.41) is 13.6. The predicted molar refractivity (Wildman–Crippen MR) is 112 cm³/mol. The summed E-state index contributed by atoms with van der Waals surface area (Å²) in [5.41, 5.74) is 7.24. The second kappa shape index (κ2) is 8.26. The first-order valence-corrected chi connectivity index (χ1v) is 9.45. The van der Waals surface area contributed by atoms with Crippen LogP contribution in [0.4, 0.5) is 5.69 Å². The molecule has 3 amide bonds. The summed E-state index contributed by atoms with van der Waals surface area (Å²) < 4.78 is 6.43. The number of aromatic nitrogens is 5. The van der Waals surface area contributed by atoms with E-state index in [1.807, 2.05) is 0 Å². The van der Waals surface area contributed by atoms with Crippen LogP contribution in [-0.2, 0) is 6.54 Å². The van der Waals surface area contributed by atoms with Gasteiger partial charge in [-0.05, 0) is 19.1 Å². The van der Waals surface area contributed by atoms with E-state index in [9.17, 15) is 14.4 Å². The Bertz CT molecular complexity index is 1360. The standard InChI is InChI=1S/C20H18N8O4/c1-10-15(8-23-28(10)9-16-26-20(32-27-16)19(31)22-2)25-18(30)14-7-12(17(21)29)11-5-3-4-6-13(11)24-14/h3-8H,9H2,1-2H3,(H2,21,29)(H,22,31)(H,25,30). The summed E-state index contributed by atoms with van der Waals surface area (Å²) in [6.07, 6.45) is 1.46. The highest BCUT2D eigenvalue weighted by Crippen LogP contribution is 2.20. The molecule has 4 N–H and O–H groups in total. The Morgan fingerprint density at radius 2 is 1.94 bits per heavy atom. The second-order valence-electron chi connectivity index (χ2n) is 6.79. The Morgan fingerprint density at radius 3 is 2.69 bits per heavy atom. The van der Waals surface area contributed by atoms with E-state index in [4.69, 9.17) is 10.3 Å². The number of carbonyl (C=O) groups is 3. The molecule has 0 radical (unpaired) electrons. The van der Waals surface area contributed by atoms with Crippen molar-refractivity contribution in [3.8, 4) is 0 Å². The van der Waals surface area contributed by atoms with Gasteiger partial charge in [0.1, 0.15) is 12.2 Å². The summed E-state index contributed by atoms with van der Waals surface area (Å²) >= 11 is 0. The molecule has 12 nitrogen and oxygen atoms in total. The van der Waals surface area contributed by atoms with E-state index in [-0.39, 0.29) is 29.5 Å². The number of pyridine rings is 1. The van der Waals surface area contributed by atoms with Gasteiger partial charge in [0.25, 0.3) is 5.91 Å². The molecule has 4 rings (SSSR count). The molecule has 0 saturated carbocycles. The van der Waals surface area contributed by atoms with Crippen molar-refractivity contribution in [2.24, 2.45) is 5.73 Å². The van der Waals surface area contributed by atoms with Gasteiger partial charge in [0.2, 0.25) is 5.91 Å². The fourth-order valence-corrected chi connectivity index (χ4v) is 3.06. The van der Waals surface area contributed by atoms with E-state index < -0.39 is 17.7 Å². The average Bonchev–Trinajstić information content (AvgIpc) is 3.40. The lowest BCUT2D eigenvalue weighted by molar-refractivity contribution is 0.0918. The third-order valence-corrected chi connectivity index (χ3v) is 4.75. The number of anilines is 1. The van der Waals surface area contributed by atoms with Crippen LogP contribution in [0.25, 0.3) is 10.9 Å². The summed E-state index contributed by atoms with van der Waals surface area (Å²) in [7, 11) is 1.45. The maximum atomic E-state index is 12.8. The number of hydrogen-bond acceptors (Lipinski definition) is 8. The highest BCUT2D eigenvalue weighted by atomic mass is 16.5. The number of nitrogens with one attached hydrogen (secondary N) is 2. The molecule has 0 atom stereocenters. The minimum Gasteiger partial charge on any atom is -0.366 e. The summed E-state index contributed by atoms with van der Waals surface area (Å²) in [6.45, 7) is 1.87. The lowest BCUT2D eigenvalue weighted by atomic mass is 10.1. The molecule has 4 aromatic rings. The van der Waals surface area contributed by atoms with E-state index in [0.29, 0.717) is 22.3 Å². The number of benzene rings is 1. The third-order valence-electron chi connectivity index (χ3n) is 4.75. The topological polar surface area (TPSA) is 171 Å². The maximum Gasteiger partial charge on any atom is 0.315 e. The SMILES string of the molecule is CNC(=O)c1nc(Cn2ncc(NC(=O)c3cc(C(N)=O)c4ccccc4n3)c2C)no1. The molecule has 0 fully saturated rings. The van der Waals surface area contributed by atoms with Gasteiger partial charge in [0.05, 0.1) is 28.7 Å². The van der Waals surface area contributed by atoms with E-state index in [2.05, 4.69) is 30.9 Å². The molecule has 0 aliphatic rings. The minimum atomic E-state index is -0.655. The normalized spacial score (nSPS) is 10.8. The molecule has 0 unspecified atom stereocenters. The molecule has 32 heavy (non-hydrogen) atoms. The van der Waals surface area contributed by atoms with Crippen LogP contribution in [-0.4, -0.2) is 49.7 Å². The first-order valence-electron chi connectivity index (χ1n) is 9.45. The van der Waals surface area contributed by atoms with Gasteiger partial charge in [-0.3, -0.25) is 19.1 Å². The molecule has 12 heteroatoms. The van der Waals surface area contributed by atoms with Crippen LogP contribution in [0, 0.1) is 6.92 Å². The number of nitrogens with zero attached hydrogens (tertiary/aromatic N) is 5. The van der Waals surface area contributed by atoms with Crippen LogP contribution >= 0.6 is 0 Å². The highest BCUT2D eigenvalue weighted by molar-refractivity contribution is 6.10. The Balaban J connectivity index is 1.56. The number of para-hydroxylation sites is 1. The molecule has 162 valence electrons. The molecular formula is C20H18N8O4. The lowest BCUT2D eigenvalue weighted by Crippen LogP contribution is -2.18. The van der Waals surface area contributed by atoms with Crippen LogP contribution in [0.15, 0.2) is 41.1 Å². The van der Waals surface area contributed by atoms with Gasteiger partial charge in [-0.1, -0.05) is 23.4 Å². The van der Waals surface area contributed by atoms with Gasteiger partial charge in [-0.25, -0.2) is 4.98 Å². The maximum absolute atomic E-state index is 12.8. The van der Waals surface area contributed by atoms with Gasteiger partial charge < -0.3 is 20.9 Å². The monoisotopic (exact) mass is 434 g/mol. The number of nitrogens with two attached hydrogens (primary N) is 1. The van der Waals surface area contributed by atoms with Crippen molar-refractivity contribution in [1.82, 2.24) is 30.2 Å². The van der Waals surface area contributed by atoms with Crippen molar-refractivity contribution in [1.29, 1.82) is 0 Å². The fraction of sp³-hybridized carbons (Fsp3) is 0.150. The van der Waals surface area contributed by atoms with Gasteiger partial charge >= 0.3 is 11.8 Å². The Kier molecular flexibility index (Phi) is 5.33. The molecule has 3 aromatic heterocycles. The van der Waals surface area contributed by atoms with Crippen molar-refractivity contribution in [3.05, 3.63) is 65.2 Å². The van der Waals surface area contributed by atoms with Crippen molar-refractivity contribution < 1.29 is 18.9 Å². The molecule has 0 spiro atoms. The van der Waals surface area contributed by atoms with E-state index >= 15 is 0 Å². The van der Waals surface area contributed by atoms with Gasteiger partial charge in [-0.2, -0.15) is 10.1 Å². The molecule has 0 saturated heterocycles. The van der Waals surface area contributed by atoms with Crippen molar-refractivity contribution in [3.63, 3.8) is 0 Å². The molecule has 0 bridgehead atoms. The number of primary amides is 1. The third kappa shape index (κ3) is 3.88. The number of rotatable bonds is 6. The lowest BCUT2D eigenvalue weighted by Gasteiger charge is -2.08. The number of amides is 3. The number of fused-ring (bicyclic) bond motifs is 1. The zero-order valence-electron chi connectivity index (χ0n) is 17.1. The van der Waals surface area contributed by atoms with Crippen LogP contribution in [0.3, 0.4) is 0 Å². The van der Waals surface area contributed by atoms with E-state index in [1.165, 1.54) is 24.0 Å². The van der Waals surface area contributed by atoms with Crippen LogP contribution in [0.5, 0.6) is 0 Å². The summed E-state index contributed by atoms with van der Waals surface area (Å²) in [5.74, 6) is -1.59. The molecule has 0 aliphatic carbocycles. The zero-order chi connectivity index (χ0) is 22.8. The van der Waals surface area contributed by atoms with Gasteiger partial charge in [0.15, 0.2) is 5.82 Å². The Labute approximate surface area is 180 Å². The van der Waals surface area contributed by atoms with E-state index in [1.54, 1.807) is 31.2 Å². The minimum absolute atomic E-state index is 0.0398. The van der Waals surface area contributed by atoms with Crippen molar-refractivity contribution in [2.45, 2.75) is 13.5 Å². The summed E-state index contributed by atoms with van der Waals surface area (Å²) in [6, 6.07) is 8.28. The average molecular weight is 434 g/mol. The zero-order valence-corrected chi connectivity index (χ0v) is 17.1. The molecule has 0 aliphatic heterocycles. The molecular weight excluding hydrogens is 416 g/mol.